The molecule has 0 saturated carbocycles. The van der Waals surface area contributed by atoms with E-state index in [0.717, 1.165) is 11.1 Å². The lowest BCUT2D eigenvalue weighted by Gasteiger charge is -2.06. The number of phenolic OH excluding ortho intramolecular Hbond substituents is 1. The van der Waals surface area contributed by atoms with Crippen LogP contribution < -0.4 is 10.5 Å². The molecule has 2 heterocycles. The minimum Gasteiger partial charge on any atom is -0.506 e. The van der Waals surface area contributed by atoms with Crippen LogP contribution in [0.3, 0.4) is 0 Å². The predicted octanol–water partition coefficient (Wildman–Crippen LogP) is 2.48. The molecule has 0 aliphatic heterocycles. The number of hydrogen-bond acceptors (Lipinski definition) is 5. The van der Waals surface area contributed by atoms with Gasteiger partial charge in [0, 0.05) is 11.5 Å². The molecule has 0 fully saturated rings. The first kappa shape index (κ1) is 12.6. The van der Waals surface area contributed by atoms with Gasteiger partial charge in [0.2, 0.25) is 0 Å². The standard InChI is InChI=1S/C13H11ClN4O2/c14-9-3-1-7(5-11(9)19)20-6-10-8-2-4-12(15)16-13(8)18-17-10/h1-5,19H,6H2,(H3,15,16,17,18). The number of phenols is 1. The molecule has 0 bridgehead atoms. The highest BCUT2D eigenvalue weighted by Gasteiger charge is 2.08. The number of nitrogens with two attached hydrogens (primary N) is 1. The lowest BCUT2D eigenvalue weighted by atomic mass is 10.2. The highest BCUT2D eigenvalue weighted by molar-refractivity contribution is 6.32. The molecule has 0 radical (unpaired) electrons. The normalized spacial score (nSPS) is 10.8. The maximum absolute atomic E-state index is 9.50. The summed E-state index contributed by atoms with van der Waals surface area (Å²) in [5, 5.41) is 17.5. The van der Waals surface area contributed by atoms with Gasteiger partial charge in [0.15, 0.2) is 5.65 Å². The van der Waals surface area contributed by atoms with Crippen LogP contribution in [-0.2, 0) is 6.61 Å². The number of halogens is 1. The number of aromatic hydroxyl groups is 1. The Bertz CT molecular complexity index is 772. The van der Waals surface area contributed by atoms with Crippen LogP contribution >= 0.6 is 11.6 Å². The van der Waals surface area contributed by atoms with Crippen LogP contribution in [0.25, 0.3) is 11.0 Å². The fraction of sp³-hybridized carbons (Fsp3) is 0.0769. The summed E-state index contributed by atoms with van der Waals surface area (Å²) >= 11 is 5.73. The Morgan fingerprint density at radius 2 is 2.15 bits per heavy atom. The number of rotatable bonds is 3. The molecular formula is C13H11ClN4O2. The van der Waals surface area contributed by atoms with Crippen molar-refractivity contribution in [2.45, 2.75) is 6.61 Å². The monoisotopic (exact) mass is 290 g/mol. The molecule has 3 rings (SSSR count). The van der Waals surface area contributed by atoms with E-state index in [9.17, 15) is 5.11 Å². The highest BCUT2D eigenvalue weighted by Crippen LogP contribution is 2.28. The number of benzene rings is 1. The summed E-state index contributed by atoms with van der Waals surface area (Å²) < 4.78 is 5.58. The van der Waals surface area contributed by atoms with Gasteiger partial charge in [0.25, 0.3) is 0 Å². The number of nitrogens with zero attached hydrogens (tertiary/aromatic N) is 2. The van der Waals surface area contributed by atoms with E-state index in [-0.39, 0.29) is 17.4 Å². The second kappa shape index (κ2) is 4.90. The van der Waals surface area contributed by atoms with E-state index in [4.69, 9.17) is 22.1 Å². The van der Waals surface area contributed by atoms with Gasteiger partial charge < -0.3 is 15.6 Å². The van der Waals surface area contributed by atoms with Crippen LogP contribution in [0.2, 0.25) is 5.02 Å². The van der Waals surface area contributed by atoms with Crippen molar-refractivity contribution in [2.24, 2.45) is 0 Å². The lowest BCUT2D eigenvalue weighted by Crippen LogP contribution is -1.96. The van der Waals surface area contributed by atoms with E-state index in [0.29, 0.717) is 17.2 Å². The average molecular weight is 291 g/mol. The largest absolute Gasteiger partial charge is 0.506 e. The van der Waals surface area contributed by atoms with Crippen LogP contribution in [-0.4, -0.2) is 20.3 Å². The molecule has 0 aliphatic rings. The topological polar surface area (TPSA) is 97.1 Å². The molecule has 4 N–H and O–H groups in total. The van der Waals surface area contributed by atoms with Gasteiger partial charge in [-0.15, -0.1) is 0 Å². The van der Waals surface area contributed by atoms with Crippen LogP contribution in [0.4, 0.5) is 5.82 Å². The lowest BCUT2D eigenvalue weighted by molar-refractivity contribution is 0.301. The molecule has 7 heteroatoms. The van der Waals surface area contributed by atoms with Crippen LogP contribution in [0.5, 0.6) is 11.5 Å². The Balaban J connectivity index is 1.81. The zero-order valence-corrected chi connectivity index (χ0v) is 11.1. The molecule has 0 spiro atoms. The fourth-order valence-corrected chi connectivity index (χ4v) is 1.93. The van der Waals surface area contributed by atoms with Gasteiger partial charge in [-0.3, -0.25) is 5.10 Å². The Morgan fingerprint density at radius 1 is 1.30 bits per heavy atom. The molecule has 0 saturated heterocycles. The number of aromatic amines is 1. The van der Waals surface area contributed by atoms with E-state index in [2.05, 4.69) is 15.2 Å². The number of nitrogen functional groups attached to an aromatic ring is 1. The van der Waals surface area contributed by atoms with Gasteiger partial charge in [-0.1, -0.05) is 11.6 Å². The van der Waals surface area contributed by atoms with Gasteiger partial charge >= 0.3 is 0 Å². The van der Waals surface area contributed by atoms with Crippen molar-refractivity contribution >= 4 is 28.5 Å². The quantitative estimate of drug-likeness (QED) is 0.688. The molecule has 102 valence electrons. The van der Waals surface area contributed by atoms with Crippen molar-refractivity contribution in [3.8, 4) is 11.5 Å². The first-order valence-electron chi connectivity index (χ1n) is 5.84. The third kappa shape index (κ3) is 2.33. The fourth-order valence-electron chi connectivity index (χ4n) is 1.81. The van der Waals surface area contributed by atoms with Gasteiger partial charge in [0.1, 0.15) is 23.9 Å². The Labute approximate surface area is 119 Å². The molecule has 0 aliphatic carbocycles. The van der Waals surface area contributed by atoms with E-state index < -0.39 is 0 Å². The van der Waals surface area contributed by atoms with Crippen molar-refractivity contribution in [1.29, 1.82) is 0 Å². The van der Waals surface area contributed by atoms with Gasteiger partial charge in [0.05, 0.1) is 10.7 Å². The van der Waals surface area contributed by atoms with Crippen LogP contribution in [0.15, 0.2) is 30.3 Å². The third-order valence-electron chi connectivity index (χ3n) is 2.82. The second-order valence-corrected chi connectivity index (χ2v) is 4.62. The van der Waals surface area contributed by atoms with Crippen LogP contribution in [0, 0.1) is 0 Å². The minimum absolute atomic E-state index is 0.0203. The maximum atomic E-state index is 9.50. The van der Waals surface area contributed by atoms with Gasteiger partial charge in [-0.05, 0) is 24.3 Å². The van der Waals surface area contributed by atoms with E-state index >= 15 is 0 Å². The van der Waals surface area contributed by atoms with Crippen LogP contribution in [0.1, 0.15) is 5.69 Å². The summed E-state index contributed by atoms with van der Waals surface area (Å²) in [6, 6.07) is 8.24. The number of ether oxygens (including phenoxy) is 1. The average Bonchev–Trinajstić information content (AvgIpc) is 2.82. The van der Waals surface area contributed by atoms with E-state index in [1.54, 1.807) is 18.2 Å². The summed E-state index contributed by atoms with van der Waals surface area (Å²) in [7, 11) is 0. The van der Waals surface area contributed by atoms with Crippen molar-refractivity contribution < 1.29 is 9.84 Å². The molecule has 3 aromatic rings. The summed E-state index contributed by atoms with van der Waals surface area (Å²) in [6.45, 7) is 0.267. The molecule has 1 aromatic carbocycles. The Hall–Kier alpha value is -2.47. The second-order valence-electron chi connectivity index (χ2n) is 4.21. The molecule has 6 nitrogen and oxygen atoms in total. The molecule has 0 atom stereocenters. The number of pyridine rings is 1. The predicted molar refractivity (Wildman–Crippen MR) is 75.7 cm³/mol. The first-order valence-corrected chi connectivity index (χ1v) is 6.22. The first-order chi connectivity index (χ1) is 9.63. The molecule has 2 aromatic heterocycles. The van der Waals surface area contributed by atoms with E-state index in [1.807, 2.05) is 6.07 Å². The molecule has 0 unspecified atom stereocenters. The van der Waals surface area contributed by atoms with E-state index in [1.165, 1.54) is 6.07 Å². The number of anilines is 1. The number of hydrogen-bond donors (Lipinski definition) is 3. The van der Waals surface area contributed by atoms with Gasteiger partial charge in [-0.2, -0.15) is 5.10 Å². The minimum atomic E-state index is -0.0203. The van der Waals surface area contributed by atoms with Crippen molar-refractivity contribution in [2.75, 3.05) is 5.73 Å². The smallest absolute Gasteiger partial charge is 0.183 e. The summed E-state index contributed by atoms with van der Waals surface area (Å²) in [4.78, 5) is 4.10. The maximum Gasteiger partial charge on any atom is 0.183 e. The van der Waals surface area contributed by atoms with Crippen molar-refractivity contribution in [1.82, 2.24) is 15.2 Å². The summed E-state index contributed by atoms with van der Waals surface area (Å²) in [6.07, 6.45) is 0. The number of aromatic nitrogens is 3. The zero-order valence-electron chi connectivity index (χ0n) is 10.3. The Kier molecular flexibility index (Phi) is 3.08. The summed E-state index contributed by atoms with van der Waals surface area (Å²) in [5.41, 5.74) is 6.92. The number of nitrogens with one attached hydrogen (secondary N) is 1. The van der Waals surface area contributed by atoms with Crippen molar-refractivity contribution in [3.63, 3.8) is 0 Å². The zero-order chi connectivity index (χ0) is 14.1. The number of fused-ring (bicyclic) bond motifs is 1. The van der Waals surface area contributed by atoms with Crippen molar-refractivity contribution in [3.05, 3.63) is 41.0 Å². The highest BCUT2D eigenvalue weighted by atomic mass is 35.5. The number of H-pyrrole nitrogens is 1. The summed E-state index contributed by atoms with van der Waals surface area (Å²) in [5.74, 6) is 0.908. The third-order valence-corrected chi connectivity index (χ3v) is 3.14. The molecule has 0 amide bonds. The SMILES string of the molecule is Nc1ccc2c(COc3ccc(Cl)c(O)c3)[nH]nc2n1. The molecule has 20 heavy (non-hydrogen) atoms. The van der Waals surface area contributed by atoms with Gasteiger partial charge in [-0.25, -0.2) is 4.98 Å². The molecular weight excluding hydrogens is 280 g/mol. The Morgan fingerprint density at radius 3 is 2.95 bits per heavy atom.